The van der Waals surface area contributed by atoms with E-state index >= 15 is 0 Å². The fourth-order valence-corrected chi connectivity index (χ4v) is 7.84. The van der Waals surface area contributed by atoms with Crippen LogP contribution in [0, 0.1) is 17.8 Å². The molecule has 4 aliphatic heterocycles. The average molecular weight is 395 g/mol. The van der Waals surface area contributed by atoms with Crippen LogP contribution in [0.3, 0.4) is 0 Å². The Bertz CT molecular complexity index is 815. The first kappa shape index (κ1) is 18.2. The van der Waals surface area contributed by atoms with Gasteiger partial charge in [-0.3, -0.25) is 4.79 Å². The summed E-state index contributed by atoms with van der Waals surface area (Å²) in [7, 11) is 1.78. The molecule has 4 nitrogen and oxygen atoms in total. The first-order chi connectivity index (χ1) is 14.2. The summed E-state index contributed by atoms with van der Waals surface area (Å²) in [6, 6.07) is 7.14. The van der Waals surface area contributed by atoms with Crippen molar-refractivity contribution in [3.8, 4) is 5.75 Å². The summed E-state index contributed by atoms with van der Waals surface area (Å²) in [6.45, 7) is 4.38. The molecule has 0 aromatic heterocycles. The summed E-state index contributed by atoms with van der Waals surface area (Å²) in [6.07, 6.45) is 9.86. The summed E-state index contributed by atoms with van der Waals surface area (Å²) < 4.78 is 5.59. The molecular weight excluding hydrogens is 360 g/mol. The number of amides is 1. The van der Waals surface area contributed by atoms with Gasteiger partial charge >= 0.3 is 0 Å². The van der Waals surface area contributed by atoms with Crippen LogP contribution in [0.5, 0.6) is 5.75 Å². The van der Waals surface area contributed by atoms with E-state index in [0.29, 0.717) is 23.8 Å². The maximum atomic E-state index is 13.8. The summed E-state index contributed by atoms with van der Waals surface area (Å²) in [5.41, 5.74) is 3.30. The Labute approximate surface area is 174 Å². The second-order valence-electron chi connectivity index (χ2n) is 10.3. The van der Waals surface area contributed by atoms with Crippen LogP contribution in [-0.2, 0) is 16.6 Å². The number of carbonyl (C=O) groups excluding carboxylic acids is 1. The zero-order valence-corrected chi connectivity index (χ0v) is 17.7. The monoisotopic (exact) mass is 394 g/mol. The number of nitrogens with zero attached hydrogens (tertiary/aromatic N) is 2. The molecule has 0 spiro atoms. The SMILES string of the molecule is COc1ccc2c(c1)[C@]13CCCC[C@H]1[C@H](C2)N(C(=O)C1CN2CCC1CC2)CC3. The number of rotatable bonds is 2. The third-order valence-corrected chi connectivity index (χ3v) is 9.30. The number of fused-ring (bicyclic) bond motifs is 4. The molecule has 1 aromatic carbocycles. The summed E-state index contributed by atoms with van der Waals surface area (Å²) >= 11 is 0. The van der Waals surface area contributed by atoms with Crippen molar-refractivity contribution in [1.82, 2.24) is 9.80 Å². The van der Waals surface area contributed by atoms with E-state index < -0.39 is 0 Å². The van der Waals surface area contributed by atoms with Crippen LogP contribution in [0.4, 0.5) is 0 Å². The molecule has 7 rings (SSSR count). The number of carbonyl (C=O) groups is 1. The Morgan fingerprint density at radius 3 is 2.72 bits per heavy atom. The highest BCUT2D eigenvalue weighted by Gasteiger charge is 2.55. The standard InChI is InChI=1S/C25H34N2O2/c1-29-19-6-5-18-14-23-21-4-2-3-9-25(21,22(18)15-19)10-13-27(23)24(28)20-16-26-11-7-17(20)8-12-26/h5-6,15,17,20-21,23H,2-4,7-14,16H2,1H3/t20?,21-,23-,25-/m0/s1. The number of hydrogen-bond donors (Lipinski definition) is 0. The Balaban J connectivity index is 1.35. The number of methoxy groups -OCH3 is 1. The highest BCUT2D eigenvalue weighted by atomic mass is 16.5. The van der Waals surface area contributed by atoms with Crippen molar-refractivity contribution in [1.29, 1.82) is 0 Å². The van der Waals surface area contributed by atoms with E-state index in [9.17, 15) is 4.79 Å². The van der Waals surface area contributed by atoms with Gasteiger partial charge < -0.3 is 14.5 Å². The third-order valence-electron chi connectivity index (χ3n) is 9.30. The van der Waals surface area contributed by atoms with Crippen molar-refractivity contribution in [2.24, 2.45) is 17.8 Å². The fraction of sp³-hybridized carbons (Fsp3) is 0.720. The molecule has 4 atom stereocenters. The molecule has 4 bridgehead atoms. The van der Waals surface area contributed by atoms with Gasteiger partial charge in [-0.15, -0.1) is 0 Å². The van der Waals surface area contributed by atoms with Crippen LogP contribution in [0.25, 0.3) is 0 Å². The van der Waals surface area contributed by atoms with E-state index in [1.54, 1.807) is 12.7 Å². The third kappa shape index (κ3) is 2.64. The number of benzene rings is 1. The molecule has 0 N–H and O–H groups in total. The van der Waals surface area contributed by atoms with E-state index in [1.165, 1.54) is 57.2 Å². The van der Waals surface area contributed by atoms with Crippen molar-refractivity contribution < 1.29 is 9.53 Å². The molecule has 156 valence electrons. The van der Waals surface area contributed by atoms with Gasteiger partial charge in [0.15, 0.2) is 0 Å². The Hall–Kier alpha value is -1.55. The van der Waals surface area contributed by atoms with Crippen molar-refractivity contribution in [2.75, 3.05) is 33.3 Å². The first-order valence-electron chi connectivity index (χ1n) is 11.9. The van der Waals surface area contributed by atoms with Crippen LogP contribution in [-0.4, -0.2) is 55.0 Å². The van der Waals surface area contributed by atoms with Crippen molar-refractivity contribution >= 4 is 5.91 Å². The zero-order valence-electron chi connectivity index (χ0n) is 17.7. The quantitative estimate of drug-likeness (QED) is 0.768. The molecule has 0 radical (unpaired) electrons. The molecule has 4 heterocycles. The normalized spacial score (nSPS) is 40.2. The molecule has 4 heteroatoms. The highest BCUT2D eigenvalue weighted by molar-refractivity contribution is 5.80. The van der Waals surface area contributed by atoms with Gasteiger partial charge in [0.1, 0.15) is 5.75 Å². The van der Waals surface area contributed by atoms with E-state index in [-0.39, 0.29) is 11.3 Å². The van der Waals surface area contributed by atoms with E-state index in [0.717, 1.165) is 31.7 Å². The first-order valence-corrected chi connectivity index (χ1v) is 11.9. The Morgan fingerprint density at radius 2 is 1.97 bits per heavy atom. The molecule has 29 heavy (non-hydrogen) atoms. The van der Waals surface area contributed by atoms with E-state index in [2.05, 4.69) is 28.0 Å². The van der Waals surface area contributed by atoms with Crippen LogP contribution >= 0.6 is 0 Å². The van der Waals surface area contributed by atoms with Gasteiger partial charge in [-0.05, 0) is 86.7 Å². The number of likely N-dealkylation sites (tertiary alicyclic amines) is 1. The van der Waals surface area contributed by atoms with Crippen LogP contribution in [0.2, 0.25) is 0 Å². The number of piperidine rings is 4. The number of ether oxygens (including phenoxy) is 1. The lowest BCUT2D eigenvalue weighted by Crippen LogP contribution is -2.64. The molecule has 5 fully saturated rings. The largest absolute Gasteiger partial charge is 0.497 e. The fourth-order valence-electron chi connectivity index (χ4n) is 7.84. The predicted octanol–water partition coefficient (Wildman–Crippen LogP) is 3.62. The molecule has 6 aliphatic rings. The van der Waals surface area contributed by atoms with Crippen LogP contribution < -0.4 is 4.74 Å². The van der Waals surface area contributed by atoms with E-state index in [1.807, 2.05) is 0 Å². The minimum atomic E-state index is 0.255. The van der Waals surface area contributed by atoms with Gasteiger partial charge in [0.25, 0.3) is 0 Å². The average Bonchev–Trinajstić information content (AvgIpc) is 2.79. The zero-order chi connectivity index (χ0) is 19.6. The molecular formula is C25H34N2O2. The van der Waals surface area contributed by atoms with Gasteiger partial charge in [-0.25, -0.2) is 0 Å². The summed E-state index contributed by atoms with van der Waals surface area (Å²) in [4.78, 5) is 18.7. The minimum Gasteiger partial charge on any atom is -0.497 e. The maximum Gasteiger partial charge on any atom is 0.227 e. The topological polar surface area (TPSA) is 32.8 Å². The molecule has 1 aromatic rings. The Kier molecular flexibility index (Phi) is 4.23. The lowest BCUT2D eigenvalue weighted by Gasteiger charge is -2.60. The van der Waals surface area contributed by atoms with E-state index in [4.69, 9.17) is 4.74 Å². The lowest BCUT2D eigenvalue weighted by molar-refractivity contribution is -0.151. The lowest BCUT2D eigenvalue weighted by atomic mass is 9.52. The van der Waals surface area contributed by atoms with Crippen LogP contribution in [0.15, 0.2) is 18.2 Å². The van der Waals surface area contributed by atoms with Gasteiger partial charge in [-0.2, -0.15) is 0 Å². The van der Waals surface area contributed by atoms with Gasteiger partial charge in [0, 0.05) is 24.5 Å². The van der Waals surface area contributed by atoms with Crippen molar-refractivity contribution in [3.05, 3.63) is 29.3 Å². The molecule has 1 saturated carbocycles. The smallest absolute Gasteiger partial charge is 0.227 e. The molecule has 2 aliphatic carbocycles. The van der Waals surface area contributed by atoms with Gasteiger partial charge in [0.05, 0.1) is 13.0 Å². The van der Waals surface area contributed by atoms with Gasteiger partial charge in [0.2, 0.25) is 5.91 Å². The van der Waals surface area contributed by atoms with Crippen LogP contribution in [0.1, 0.15) is 56.1 Å². The predicted molar refractivity (Wildman–Crippen MR) is 113 cm³/mol. The maximum absolute atomic E-state index is 13.8. The number of hydrogen-bond acceptors (Lipinski definition) is 3. The highest BCUT2D eigenvalue weighted by Crippen LogP contribution is 2.56. The second kappa shape index (κ2) is 6.73. The summed E-state index contributed by atoms with van der Waals surface area (Å²) in [5.74, 6) is 3.00. The Morgan fingerprint density at radius 1 is 1.10 bits per heavy atom. The van der Waals surface area contributed by atoms with Crippen molar-refractivity contribution in [3.63, 3.8) is 0 Å². The molecule has 1 unspecified atom stereocenters. The second-order valence-corrected chi connectivity index (χ2v) is 10.3. The van der Waals surface area contributed by atoms with Gasteiger partial charge in [-0.1, -0.05) is 18.9 Å². The minimum absolute atomic E-state index is 0.255. The molecule has 4 saturated heterocycles. The van der Waals surface area contributed by atoms with Crippen molar-refractivity contribution in [2.45, 2.75) is 62.8 Å². The molecule has 1 amide bonds. The summed E-state index contributed by atoms with van der Waals surface area (Å²) in [5, 5.41) is 0.